The highest BCUT2D eigenvalue weighted by Crippen LogP contribution is 2.27. The normalized spacial score (nSPS) is 17.8. The van der Waals surface area contributed by atoms with Gasteiger partial charge in [0, 0.05) is 12.1 Å². The van der Waals surface area contributed by atoms with Crippen molar-refractivity contribution in [1.29, 1.82) is 0 Å². The molecule has 0 spiro atoms. The summed E-state index contributed by atoms with van der Waals surface area (Å²) in [5, 5.41) is 2.93. The molecule has 0 atom stereocenters. The summed E-state index contributed by atoms with van der Waals surface area (Å²) in [5.41, 5.74) is 0. The molecule has 19 heavy (non-hydrogen) atoms. The van der Waals surface area contributed by atoms with Crippen LogP contribution in [0.3, 0.4) is 0 Å². The van der Waals surface area contributed by atoms with E-state index in [4.69, 9.17) is 4.42 Å². The Morgan fingerprint density at radius 3 is 2.68 bits per heavy atom. The van der Waals surface area contributed by atoms with E-state index < -0.39 is 10.0 Å². The van der Waals surface area contributed by atoms with Crippen LogP contribution in [0.1, 0.15) is 37.9 Å². The van der Waals surface area contributed by atoms with Gasteiger partial charge in [-0.1, -0.05) is 19.3 Å². The molecule has 1 saturated carbocycles. The molecule has 0 amide bonds. The lowest BCUT2D eigenvalue weighted by atomic mass is 9.96. The topological polar surface area (TPSA) is 71.3 Å². The molecule has 1 aromatic rings. The SMILES string of the molecule is CNCc1cc(S(=O)(=O)NC2CCCCC2)c(Br)o1. The lowest BCUT2D eigenvalue weighted by Gasteiger charge is -2.22. The molecule has 0 aliphatic heterocycles. The van der Waals surface area contributed by atoms with Crippen LogP contribution in [0.2, 0.25) is 0 Å². The van der Waals surface area contributed by atoms with Gasteiger partial charge in [-0.2, -0.15) is 0 Å². The first-order valence-electron chi connectivity index (χ1n) is 6.48. The van der Waals surface area contributed by atoms with E-state index in [1.165, 1.54) is 6.42 Å². The largest absolute Gasteiger partial charge is 0.452 e. The fourth-order valence-electron chi connectivity index (χ4n) is 2.35. The minimum atomic E-state index is -3.51. The maximum Gasteiger partial charge on any atom is 0.245 e. The fourth-order valence-corrected chi connectivity index (χ4v) is 4.65. The van der Waals surface area contributed by atoms with Gasteiger partial charge in [0.05, 0.1) is 6.54 Å². The third-order valence-electron chi connectivity index (χ3n) is 3.27. The number of sulfonamides is 1. The molecule has 2 N–H and O–H groups in total. The van der Waals surface area contributed by atoms with Gasteiger partial charge in [-0.25, -0.2) is 13.1 Å². The number of halogens is 1. The third-order valence-corrected chi connectivity index (χ3v) is 5.65. The van der Waals surface area contributed by atoms with Crippen LogP contribution in [0.5, 0.6) is 0 Å². The highest BCUT2D eigenvalue weighted by Gasteiger charge is 2.26. The number of nitrogens with one attached hydrogen (secondary N) is 2. The monoisotopic (exact) mass is 350 g/mol. The van der Waals surface area contributed by atoms with Crippen molar-refractivity contribution in [2.75, 3.05) is 7.05 Å². The van der Waals surface area contributed by atoms with E-state index >= 15 is 0 Å². The highest BCUT2D eigenvalue weighted by molar-refractivity contribution is 9.10. The Morgan fingerprint density at radius 2 is 2.05 bits per heavy atom. The van der Waals surface area contributed by atoms with Gasteiger partial charge in [0.1, 0.15) is 10.7 Å². The van der Waals surface area contributed by atoms with Crippen LogP contribution in [0.25, 0.3) is 0 Å². The van der Waals surface area contributed by atoms with Gasteiger partial charge in [-0.3, -0.25) is 0 Å². The summed E-state index contributed by atoms with van der Waals surface area (Å²) < 4.78 is 33.0. The van der Waals surface area contributed by atoms with Crippen molar-refractivity contribution in [3.63, 3.8) is 0 Å². The summed E-state index contributed by atoms with van der Waals surface area (Å²) in [5.74, 6) is 0.596. The number of furan rings is 1. The predicted octanol–water partition coefficient (Wildman–Crippen LogP) is 2.37. The molecule has 0 aromatic carbocycles. The minimum Gasteiger partial charge on any atom is -0.452 e. The van der Waals surface area contributed by atoms with Crippen molar-refractivity contribution < 1.29 is 12.8 Å². The molecule has 1 fully saturated rings. The summed E-state index contributed by atoms with van der Waals surface area (Å²) in [6.45, 7) is 0.498. The molecular formula is C12H19BrN2O3S. The van der Waals surface area contributed by atoms with E-state index in [1.807, 2.05) is 0 Å². The van der Waals surface area contributed by atoms with Crippen molar-refractivity contribution in [3.05, 3.63) is 16.5 Å². The highest BCUT2D eigenvalue weighted by atomic mass is 79.9. The first kappa shape index (κ1) is 15.0. The first-order chi connectivity index (χ1) is 9.03. The van der Waals surface area contributed by atoms with E-state index in [1.54, 1.807) is 13.1 Å². The van der Waals surface area contributed by atoms with E-state index in [9.17, 15) is 8.42 Å². The lowest BCUT2D eigenvalue weighted by Crippen LogP contribution is -2.36. The van der Waals surface area contributed by atoms with Crippen LogP contribution < -0.4 is 10.0 Å². The average Bonchev–Trinajstić information content (AvgIpc) is 2.72. The number of hydrogen-bond donors (Lipinski definition) is 2. The first-order valence-corrected chi connectivity index (χ1v) is 8.75. The Balaban J connectivity index is 2.14. The molecule has 108 valence electrons. The van der Waals surface area contributed by atoms with Crippen molar-refractivity contribution >= 4 is 26.0 Å². The van der Waals surface area contributed by atoms with Crippen molar-refractivity contribution in [2.45, 2.75) is 49.6 Å². The zero-order valence-electron chi connectivity index (χ0n) is 10.9. The summed E-state index contributed by atoms with van der Waals surface area (Å²) >= 11 is 3.17. The molecule has 0 saturated heterocycles. The van der Waals surface area contributed by atoms with E-state index in [-0.39, 0.29) is 15.6 Å². The Kier molecular flexibility index (Phi) is 5.05. The zero-order valence-corrected chi connectivity index (χ0v) is 13.3. The molecule has 1 aromatic heterocycles. The third kappa shape index (κ3) is 3.81. The van der Waals surface area contributed by atoms with E-state index in [0.717, 1.165) is 25.7 Å². The fraction of sp³-hybridized carbons (Fsp3) is 0.667. The van der Waals surface area contributed by atoms with Crippen LogP contribution in [0.15, 0.2) is 20.0 Å². The van der Waals surface area contributed by atoms with Gasteiger partial charge in [-0.05, 0) is 35.8 Å². The second-order valence-corrected chi connectivity index (χ2v) is 7.24. The molecule has 0 radical (unpaired) electrons. The number of rotatable bonds is 5. The van der Waals surface area contributed by atoms with Crippen molar-refractivity contribution in [3.8, 4) is 0 Å². The Labute approximate surface area is 122 Å². The standard InChI is InChI=1S/C12H19BrN2O3S/c1-14-8-10-7-11(12(13)18-10)19(16,17)15-9-5-3-2-4-6-9/h7,9,14-15H,2-6,8H2,1H3. The zero-order chi connectivity index (χ0) is 13.9. The molecule has 1 aliphatic carbocycles. The molecule has 2 rings (SSSR count). The van der Waals surface area contributed by atoms with Gasteiger partial charge in [0.25, 0.3) is 0 Å². The molecule has 0 bridgehead atoms. The molecule has 1 aliphatic rings. The second-order valence-electron chi connectivity index (χ2n) is 4.84. The summed E-state index contributed by atoms with van der Waals surface area (Å²) in [6, 6.07) is 1.61. The van der Waals surface area contributed by atoms with Crippen molar-refractivity contribution in [2.24, 2.45) is 0 Å². The molecule has 0 unspecified atom stereocenters. The Hall–Kier alpha value is -0.370. The maximum absolute atomic E-state index is 12.3. The average molecular weight is 351 g/mol. The van der Waals surface area contributed by atoms with Crippen LogP contribution in [-0.4, -0.2) is 21.5 Å². The molecular weight excluding hydrogens is 332 g/mol. The second kappa shape index (κ2) is 6.39. The van der Waals surface area contributed by atoms with Gasteiger partial charge >= 0.3 is 0 Å². The molecule has 7 heteroatoms. The lowest BCUT2D eigenvalue weighted by molar-refractivity contribution is 0.411. The molecule has 1 heterocycles. The van der Waals surface area contributed by atoms with Crippen LogP contribution in [-0.2, 0) is 16.6 Å². The van der Waals surface area contributed by atoms with E-state index in [2.05, 4.69) is 26.0 Å². The van der Waals surface area contributed by atoms with Crippen LogP contribution in [0, 0.1) is 0 Å². The summed E-state index contributed by atoms with van der Waals surface area (Å²) in [6.07, 6.45) is 5.20. The maximum atomic E-state index is 12.3. The number of hydrogen-bond acceptors (Lipinski definition) is 4. The Morgan fingerprint density at radius 1 is 1.37 bits per heavy atom. The quantitative estimate of drug-likeness (QED) is 0.854. The van der Waals surface area contributed by atoms with Crippen molar-refractivity contribution in [1.82, 2.24) is 10.0 Å². The van der Waals surface area contributed by atoms with Crippen LogP contribution >= 0.6 is 15.9 Å². The van der Waals surface area contributed by atoms with Gasteiger partial charge in [0.15, 0.2) is 4.67 Å². The summed E-state index contributed by atoms with van der Waals surface area (Å²) in [4.78, 5) is 0.184. The minimum absolute atomic E-state index is 0.0494. The van der Waals surface area contributed by atoms with Gasteiger partial charge in [-0.15, -0.1) is 0 Å². The Bertz CT molecular complexity index is 521. The molecule has 5 nitrogen and oxygen atoms in total. The predicted molar refractivity (Wildman–Crippen MR) is 76.4 cm³/mol. The summed E-state index contributed by atoms with van der Waals surface area (Å²) in [7, 11) is -1.72. The van der Waals surface area contributed by atoms with Gasteiger partial charge in [0.2, 0.25) is 10.0 Å². The van der Waals surface area contributed by atoms with Crippen LogP contribution in [0.4, 0.5) is 0 Å². The van der Waals surface area contributed by atoms with Gasteiger partial charge < -0.3 is 9.73 Å². The smallest absolute Gasteiger partial charge is 0.245 e. The van der Waals surface area contributed by atoms with E-state index in [0.29, 0.717) is 12.3 Å².